The monoisotopic (exact) mass is 543 g/mol. The van der Waals surface area contributed by atoms with Crippen LogP contribution >= 0.6 is 11.6 Å². The Morgan fingerprint density at radius 1 is 0.897 bits per heavy atom. The van der Waals surface area contributed by atoms with E-state index in [0.717, 1.165) is 48.8 Å². The number of fused-ring (bicyclic) bond motifs is 1. The van der Waals surface area contributed by atoms with Crippen molar-refractivity contribution < 1.29 is 19.1 Å². The highest BCUT2D eigenvalue weighted by atomic mass is 35.5. The molecule has 1 N–H and O–H groups in total. The molecule has 1 unspecified atom stereocenters. The van der Waals surface area contributed by atoms with Gasteiger partial charge in [-0.1, -0.05) is 48.0 Å². The number of likely N-dealkylation sites (tertiary alicyclic amines) is 1. The Hall–Kier alpha value is -3.68. The smallest absolute Gasteiger partial charge is 0.255 e. The zero-order chi connectivity index (χ0) is 26.9. The molecule has 8 heteroatoms. The van der Waals surface area contributed by atoms with Gasteiger partial charge in [0.2, 0.25) is 11.8 Å². The topological polar surface area (TPSA) is 79.0 Å². The molecule has 0 bridgehead atoms. The molecular weight excluding hydrogens is 514 g/mol. The first-order chi connectivity index (χ1) is 18.9. The Kier molecular flexibility index (Phi) is 7.11. The fourth-order valence-electron chi connectivity index (χ4n) is 5.81. The van der Waals surface area contributed by atoms with Crippen LogP contribution in [0, 0.1) is 0 Å². The Bertz CT molecular complexity index is 1420. The molecule has 3 aliphatic heterocycles. The molecular formula is C31H30ClN3O4. The van der Waals surface area contributed by atoms with E-state index in [1.54, 1.807) is 11.0 Å². The van der Waals surface area contributed by atoms with Crippen LogP contribution in [0.1, 0.15) is 47.2 Å². The summed E-state index contributed by atoms with van der Waals surface area (Å²) in [4.78, 5) is 40.8. The van der Waals surface area contributed by atoms with Crippen molar-refractivity contribution in [1.29, 1.82) is 0 Å². The van der Waals surface area contributed by atoms with E-state index < -0.39 is 11.9 Å². The largest absolute Gasteiger partial charge is 0.490 e. The number of nitrogens with one attached hydrogen (secondary N) is 1. The number of halogens is 1. The third-order valence-electron chi connectivity index (χ3n) is 7.90. The van der Waals surface area contributed by atoms with Gasteiger partial charge in [-0.2, -0.15) is 0 Å². The van der Waals surface area contributed by atoms with Gasteiger partial charge in [0.25, 0.3) is 5.91 Å². The number of amides is 3. The lowest BCUT2D eigenvalue weighted by Gasteiger charge is -2.32. The number of carbonyl (C=O) groups excluding carboxylic acids is 3. The van der Waals surface area contributed by atoms with E-state index in [9.17, 15) is 14.4 Å². The average molecular weight is 544 g/mol. The summed E-state index contributed by atoms with van der Waals surface area (Å²) < 4.78 is 6.34. The van der Waals surface area contributed by atoms with Crippen molar-refractivity contribution in [2.24, 2.45) is 0 Å². The van der Waals surface area contributed by atoms with E-state index in [0.29, 0.717) is 18.5 Å². The van der Waals surface area contributed by atoms with Crippen LogP contribution < -0.4 is 10.1 Å². The van der Waals surface area contributed by atoms with E-state index in [-0.39, 0.29) is 24.3 Å². The highest BCUT2D eigenvalue weighted by Gasteiger charge is 2.39. The van der Waals surface area contributed by atoms with Gasteiger partial charge in [0, 0.05) is 43.2 Å². The van der Waals surface area contributed by atoms with Gasteiger partial charge in [-0.15, -0.1) is 0 Å². The van der Waals surface area contributed by atoms with Crippen LogP contribution in [0.4, 0.5) is 0 Å². The normalized spacial score (nSPS) is 20.2. The Labute approximate surface area is 232 Å². The lowest BCUT2D eigenvalue weighted by atomic mass is 9.98. The molecule has 0 spiro atoms. The molecule has 6 rings (SSSR count). The Morgan fingerprint density at radius 3 is 2.44 bits per heavy atom. The zero-order valence-corrected chi connectivity index (χ0v) is 22.3. The molecule has 2 fully saturated rings. The molecule has 3 aromatic rings. The van der Waals surface area contributed by atoms with E-state index >= 15 is 0 Å². The molecule has 0 saturated carbocycles. The summed E-state index contributed by atoms with van der Waals surface area (Å²) in [5.74, 6) is -0.101. The molecule has 3 aromatic carbocycles. The molecule has 0 aliphatic carbocycles. The van der Waals surface area contributed by atoms with E-state index in [1.165, 1.54) is 16.7 Å². The van der Waals surface area contributed by atoms with Gasteiger partial charge in [0.05, 0.1) is 0 Å². The van der Waals surface area contributed by atoms with Gasteiger partial charge in [-0.3, -0.25) is 24.6 Å². The number of hydrogen-bond donors (Lipinski definition) is 1. The van der Waals surface area contributed by atoms with Crippen molar-refractivity contribution in [3.8, 4) is 16.9 Å². The maximum atomic E-state index is 12.9. The molecule has 0 radical (unpaired) electrons. The van der Waals surface area contributed by atoms with E-state index in [2.05, 4.69) is 46.6 Å². The molecule has 7 nitrogen and oxygen atoms in total. The molecule has 39 heavy (non-hydrogen) atoms. The van der Waals surface area contributed by atoms with Crippen LogP contribution in [-0.4, -0.2) is 52.8 Å². The number of carbonyl (C=O) groups is 3. The quantitative estimate of drug-likeness (QED) is 0.451. The summed E-state index contributed by atoms with van der Waals surface area (Å²) in [5, 5.41) is 3.08. The molecule has 3 amide bonds. The number of imide groups is 1. The molecule has 2 saturated heterocycles. The van der Waals surface area contributed by atoms with Crippen molar-refractivity contribution in [3.05, 3.63) is 88.4 Å². The molecule has 3 heterocycles. The van der Waals surface area contributed by atoms with Crippen LogP contribution in [0.25, 0.3) is 11.1 Å². The van der Waals surface area contributed by atoms with Crippen molar-refractivity contribution in [3.63, 3.8) is 0 Å². The van der Waals surface area contributed by atoms with Crippen molar-refractivity contribution in [2.75, 3.05) is 13.1 Å². The maximum absolute atomic E-state index is 12.9. The molecule has 3 aliphatic rings. The van der Waals surface area contributed by atoms with Crippen molar-refractivity contribution in [2.45, 2.75) is 50.9 Å². The standard InChI is InChI=1S/C31H30ClN3O4/c32-23-7-5-20(6-8-23)26-4-2-1-3-21(26)18-34-15-13-24(14-16-34)39-25-9-10-27-22(17-25)19-35(31(27)38)28-11-12-29(36)33-30(28)37/h1-10,17,24,28H,11-16,18-19H2,(H,33,36,37). The second-order valence-electron chi connectivity index (χ2n) is 10.5. The number of nitrogens with zero attached hydrogens (tertiary/aromatic N) is 2. The molecule has 200 valence electrons. The Morgan fingerprint density at radius 2 is 1.67 bits per heavy atom. The number of benzene rings is 3. The zero-order valence-electron chi connectivity index (χ0n) is 21.6. The number of piperidine rings is 2. The highest BCUT2D eigenvalue weighted by Crippen LogP contribution is 2.32. The van der Waals surface area contributed by atoms with Gasteiger partial charge >= 0.3 is 0 Å². The summed E-state index contributed by atoms with van der Waals surface area (Å²) in [6.45, 7) is 3.10. The predicted octanol–water partition coefficient (Wildman–Crippen LogP) is 4.81. The van der Waals surface area contributed by atoms with Crippen LogP contribution in [-0.2, 0) is 22.7 Å². The fraction of sp³-hybridized carbons (Fsp3) is 0.323. The fourth-order valence-corrected chi connectivity index (χ4v) is 5.94. The van der Waals surface area contributed by atoms with Crippen LogP contribution in [0.3, 0.4) is 0 Å². The van der Waals surface area contributed by atoms with Crippen LogP contribution in [0.2, 0.25) is 5.02 Å². The second-order valence-corrected chi connectivity index (χ2v) is 10.9. The van der Waals surface area contributed by atoms with Gasteiger partial charge in [-0.25, -0.2) is 0 Å². The minimum Gasteiger partial charge on any atom is -0.490 e. The number of hydrogen-bond acceptors (Lipinski definition) is 5. The minimum atomic E-state index is -0.610. The summed E-state index contributed by atoms with van der Waals surface area (Å²) in [6.07, 6.45) is 2.55. The molecule has 1 atom stereocenters. The Balaban J connectivity index is 1.06. The lowest BCUT2D eigenvalue weighted by Crippen LogP contribution is -2.52. The first-order valence-corrected chi connectivity index (χ1v) is 13.8. The van der Waals surface area contributed by atoms with Gasteiger partial charge in [-0.05, 0) is 71.8 Å². The first-order valence-electron chi connectivity index (χ1n) is 13.4. The first kappa shape index (κ1) is 25.6. The van der Waals surface area contributed by atoms with E-state index in [4.69, 9.17) is 16.3 Å². The van der Waals surface area contributed by atoms with Crippen molar-refractivity contribution >= 4 is 29.3 Å². The summed E-state index contributed by atoms with van der Waals surface area (Å²) in [6, 6.07) is 21.5. The summed E-state index contributed by atoms with van der Waals surface area (Å²) in [5.41, 5.74) is 5.15. The average Bonchev–Trinajstić information content (AvgIpc) is 3.26. The van der Waals surface area contributed by atoms with Gasteiger partial charge < -0.3 is 9.64 Å². The lowest BCUT2D eigenvalue weighted by molar-refractivity contribution is -0.136. The van der Waals surface area contributed by atoms with Crippen LogP contribution in [0.15, 0.2) is 66.7 Å². The van der Waals surface area contributed by atoms with Gasteiger partial charge in [0.1, 0.15) is 17.9 Å². The highest BCUT2D eigenvalue weighted by molar-refractivity contribution is 6.30. The number of ether oxygens (including phenoxy) is 1. The third-order valence-corrected chi connectivity index (χ3v) is 8.15. The predicted molar refractivity (Wildman–Crippen MR) is 148 cm³/mol. The number of rotatable bonds is 6. The minimum absolute atomic E-state index is 0.106. The summed E-state index contributed by atoms with van der Waals surface area (Å²) >= 11 is 6.09. The molecule has 0 aromatic heterocycles. The van der Waals surface area contributed by atoms with Crippen molar-refractivity contribution in [1.82, 2.24) is 15.1 Å². The third kappa shape index (κ3) is 5.42. The van der Waals surface area contributed by atoms with E-state index in [1.807, 2.05) is 24.3 Å². The van der Waals surface area contributed by atoms with Crippen LogP contribution in [0.5, 0.6) is 5.75 Å². The SMILES string of the molecule is O=C1CCC(N2Cc3cc(OC4CCN(Cc5ccccc5-c5ccc(Cl)cc5)CC4)ccc3C2=O)C(=O)N1. The second kappa shape index (κ2) is 10.8. The maximum Gasteiger partial charge on any atom is 0.255 e. The summed E-state index contributed by atoms with van der Waals surface area (Å²) in [7, 11) is 0. The van der Waals surface area contributed by atoms with Gasteiger partial charge in [0.15, 0.2) is 0 Å².